The van der Waals surface area contributed by atoms with Crippen molar-refractivity contribution < 1.29 is 12.6 Å². The lowest BCUT2D eigenvalue weighted by atomic mass is 9.86. The van der Waals surface area contributed by atoms with Crippen LogP contribution in [0.1, 0.15) is 43.0 Å². The first-order chi connectivity index (χ1) is 10.6. The Kier molecular flexibility index (Phi) is 4.97. The zero-order valence-electron chi connectivity index (χ0n) is 14.4. The molecule has 2 aromatic carbocycles. The standard InChI is InChI=1S/C19H24O3S/c1-14-6-8-18(9-7-14)23(20,21)22-13-16-10-15(2)11-17(12-16)19(3,4)5/h6-12H,13H2,1-5H3/i13+2. The van der Waals surface area contributed by atoms with Crippen molar-refractivity contribution in [3.05, 3.63) is 64.7 Å². The molecule has 0 aliphatic heterocycles. The average molecular weight is 334 g/mol. The van der Waals surface area contributed by atoms with Crippen LogP contribution in [0.25, 0.3) is 0 Å². The van der Waals surface area contributed by atoms with E-state index in [-0.39, 0.29) is 16.9 Å². The summed E-state index contributed by atoms with van der Waals surface area (Å²) in [5.41, 5.74) is 4.16. The molecule has 0 N–H and O–H groups in total. The molecule has 124 valence electrons. The van der Waals surface area contributed by atoms with Gasteiger partial charge in [-0.3, -0.25) is 4.18 Å². The van der Waals surface area contributed by atoms with E-state index in [1.807, 2.05) is 26.0 Å². The van der Waals surface area contributed by atoms with Crippen LogP contribution in [0.2, 0.25) is 0 Å². The minimum Gasteiger partial charge on any atom is -0.262 e. The summed E-state index contributed by atoms with van der Waals surface area (Å²) in [4.78, 5) is 0.187. The molecular formula is C19H24O3S. The van der Waals surface area contributed by atoms with Gasteiger partial charge in [0.05, 0.1) is 11.5 Å². The van der Waals surface area contributed by atoms with Crippen LogP contribution in [-0.4, -0.2) is 8.42 Å². The molecule has 23 heavy (non-hydrogen) atoms. The summed E-state index contributed by atoms with van der Waals surface area (Å²) in [5.74, 6) is 0. The smallest absolute Gasteiger partial charge is 0.262 e. The van der Waals surface area contributed by atoms with Crippen LogP contribution in [0, 0.1) is 13.8 Å². The van der Waals surface area contributed by atoms with Crippen molar-refractivity contribution in [3.8, 4) is 0 Å². The number of rotatable bonds is 4. The molecule has 0 radical (unpaired) electrons. The van der Waals surface area contributed by atoms with Gasteiger partial charge in [-0.2, -0.15) is 8.42 Å². The van der Waals surface area contributed by atoms with Gasteiger partial charge < -0.3 is 0 Å². The van der Waals surface area contributed by atoms with Gasteiger partial charge in [0.25, 0.3) is 10.1 Å². The van der Waals surface area contributed by atoms with E-state index in [0.717, 1.165) is 16.7 Å². The third-order valence-corrected chi connectivity index (χ3v) is 4.97. The highest BCUT2D eigenvalue weighted by molar-refractivity contribution is 7.86. The van der Waals surface area contributed by atoms with Crippen LogP contribution in [0.3, 0.4) is 0 Å². The number of hydrogen-bond acceptors (Lipinski definition) is 3. The molecule has 0 amide bonds. The maximum Gasteiger partial charge on any atom is 0.297 e. The van der Waals surface area contributed by atoms with Gasteiger partial charge in [-0.25, -0.2) is 0 Å². The SMILES string of the molecule is Cc1ccc(S(=O)(=O)O[14CH2]c2cc(C)cc(C(C)(C)C)c2)cc1. The molecule has 0 saturated heterocycles. The van der Waals surface area contributed by atoms with E-state index in [1.54, 1.807) is 24.3 Å². The van der Waals surface area contributed by atoms with Gasteiger partial charge >= 0.3 is 0 Å². The molecule has 2 aromatic rings. The van der Waals surface area contributed by atoms with Crippen molar-refractivity contribution in [2.75, 3.05) is 0 Å². The maximum atomic E-state index is 12.3. The van der Waals surface area contributed by atoms with Crippen LogP contribution < -0.4 is 0 Å². The van der Waals surface area contributed by atoms with Gasteiger partial charge in [0.2, 0.25) is 0 Å². The van der Waals surface area contributed by atoms with Gasteiger partial charge in [-0.15, -0.1) is 0 Å². The largest absolute Gasteiger partial charge is 0.297 e. The van der Waals surface area contributed by atoms with Crippen LogP contribution in [0.4, 0.5) is 0 Å². The van der Waals surface area contributed by atoms with Crippen LogP contribution in [0.15, 0.2) is 47.4 Å². The van der Waals surface area contributed by atoms with Gasteiger partial charge in [-0.1, -0.05) is 62.2 Å². The molecule has 0 spiro atoms. The molecule has 3 nitrogen and oxygen atoms in total. The monoisotopic (exact) mass is 334 g/mol. The second-order valence-electron chi connectivity index (χ2n) is 6.99. The molecular weight excluding hydrogens is 310 g/mol. The second kappa shape index (κ2) is 6.46. The highest BCUT2D eigenvalue weighted by atomic mass is 32.2. The molecule has 0 bridgehead atoms. The predicted molar refractivity (Wildman–Crippen MR) is 93.0 cm³/mol. The zero-order valence-corrected chi connectivity index (χ0v) is 15.2. The first kappa shape index (κ1) is 17.7. The van der Waals surface area contributed by atoms with Gasteiger partial charge in [-0.05, 0) is 42.5 Å². The average Bonchev–Trinajstić information content (AvgIpc) is 2.44. The Labute approximate surface area is 139 Å². The minimum atomic E-state index is -3.74. The van der Waals surface area contributed by atoms with E-state index < -0.39 is 10.1 Å². The summed E-state index contributed by atoms with van der Waals surface area (Å²) >= 11 is 0. The van der Waals surface area contributed by atoms with E-state index in [2.05, 4.69) is 26.8 Å². The molecule has 0 atom stereocenters. The van der Waals surface area contributed by atoms with Crippen molar-refractivity contribution in [1.82, 2.24) is 0 Å². The fraction of sp³-hybridized carbons (Fsp3) is 0.368. The summed E-state index contributed by atoms with van der Waals surface area (Å²) in [7, 11) is -3.74. The fourth-order valence-electron chi connectivity index (χ4n) is 2.30. The molecule has 4 heteroatoms. The van der Waals surface area contributed by atoms with Gasteiger partial charge in [0.1, 0.15) is 0 Å². The maximum absolute atomic E-state index is 12.3. The molecule has 0 saturated carbocycles. The Morgan fingerprint density at radius 3 is 2.09 bits per heavy atom. The second-order valence-corrected chi connectivity index (χ2v) is 8.60. The summed E-state index contributed by atoms with van der Waals surface area (Å²) < 4.78 is 29.8. The van der Waals surface area contributed by atoms with E-state index in [1.165, 1.54) is 5.56 Å². The Morgan fingerprint density at radius 1 is 0.913 bits per heavy atom. The Bertz CT molecular complexity index is 782. The molecule has 0 unspecified atom stereocenters. The molecule has 0 aromatic heterocycles. The zero-order chi connectivity index (χ0) is 17.3. The van der Waals surface area contributed by atoms with E-state index in [9.17, 15) is 8.42 Å². The Balaban J connectivity index is 2.20. The lowest BCUT2D eigenvalue weighted by Crippen LogP contribution is -2.12. The fourth-order valence-corrected chi connectivity index (χ4v) is 3.19. The Morgan fingerprint density at radius 2 is 1.52 bits per heavy atom. The third kappa shape index (κ3) is 4.66. The lowest BCUT2D eigenvalue weighted by Gasteiger charge is -2.20. The van der Waals surface area contributed by atoms with Crippen LogP contribution >= 0.6 is 0 Å². The third-order valence-electron chi connectivity index (χ3n) is 3.69. The number of hydrogen-bond donors (Lipinski definition) is 0. The first-order valence-corrected chi connectivity index (χ1v) is 9.06. The molecule has 2 rings (SSSR count). The summed E-state index contributed by atoms with van der Waals surface area (Å²) in [6.07, 6.45) is 0. The van der Waals surface area contributed by atoms with Crippen LogP contribution in [-0.2, 0) is 26.3 Å². The predicted octanol–water partition coefficient (Wildman–Crippen LogP) is 4.51. The minimum absolute atomic E-state index is 0.0105. The molecule has 0 heterocycles. The molecule has 0 aliphatic carbocycles. The van der Waals surface area contributed by atoms with Crippen molar-refractivity contribution >= 4 is 10.1 Å². The normalized spacial score (nSPS) is 12.4. The van der Waals surface area contributed by atoms with E-state index in [0.29, 0.717) is 0 Å². The first-order valence-electron chi connectivity index (χ1n) is 7.65. The summed E-state index contributed by atoms with van der Waals surface area (Å²) in [5, 5.41) is 0. The van der Waals surface area contributed by atoms with Crippen molar-refractivity contribution in [3.63, 3.8) is 0 Å². The topological polar surface area (TPSA) is 43.4 Å². The van der Waals surface area contributed by atoms with Crippen molar-refractivity contribution in [2.45, 2.75) is 51.5 Å². The van der Waals surface area contributed by atoms with Gasteiger partial charge in [0, 0.05) is 0 Å². The van der Waals surface area contributed by atoms with E-state index in [4.69, 9.17) is 4.18 Å². The van der Waals surface area contributed by atoms with Crippen LogP contribution in [0.5, 0.6) is 0 Å². The quantitative estimate of drug-likeness (QED) is 0.773. The van der Waals surface area contributed by atoms with Gasteiger partial charge in [0.15, 0.2) is 0 Å². The number of aryl methyl sites for hydroxylation is 2. The highest BCUT2D eigenvalue weighted by Crippen LogP contribution is 2.25. The molecule has 0 fully saturated rings. The summed E-state index contributed by atoms with van der Waals surface area (Å²) in [6.45, 7) is 10.4. The summed E-state index contributed by atoms with van der Waals surface area (Å²) in [6, 6.07) is 12.8. The Hall–Kier alpha value is -1.65. The van der Waals surface area contributed by atoms with E-state index >= 15 is 0 Å². The van der Waals surface area contributed by atoms with Crippen molar-refractivity contribution in [1.29, 1.82) is 0 Å². The molecule has 0 aliphatic rings. The lowest BCUT2D eigenvalue weighted by molar-refractivity contribution is 0.307. The highest BCUT2D eigenvalue weighted by Gasteiger charge is 2.17. The number of benzene rings is 2. The van der Waals surface area contributed by atoms with Crippen molar-refractivity contribution in [2.24, 2.45) is 0 Å².